The van der Waals surface area contributed by atoms with Crippen molar-refractivity contribution < 1.29 is 19.1 Å². The molecule has 1 N–H and O–H groups in total. The van der Waals surface area contributed by atoms with Crippen molar-refractivity contribution in [2.24, 2.45) is 0 Å². The summed E-state index contributed by atoms with van der Waals surface area (Å²) in [4.78, 5) is 25.6. The van der Waals surface area contributed by atoms with Crippen molar-refractivity contribution in [1.82, 2.24) is 4.90 Å². The minimum atomic E-state index is -1.18. The van der Waals surface area contributed by atoms with Gasteiger partial charge in [-0.1, -0.05) is 6.07 Å². The fraction of sp³-hybridized carbons (Fsp3) is 0.231. The molecule has 0 aliphatic rings. The summed E-state index contributed by atoms with van der Waals surface area (Å²) in [5.41, 5.74) is 0. The van der Waals surface area contributed by atoms with Crippen LogP contribution in [-0.4, -0.2) is 28.4 Å². The molecule has 6 heteroatoms. The van der Waals surface area contributed by atoms with Crippen molar-refractivity contribution in [3.63, 3.8) is 0 Å². The summed E-state index contributed by atoms with van der Waals surface area (Å²) in [6.45, 7) is 2.89. The van der Waals surface area contributed by atoms with E-state index >= 15 is 0 Å². The van der Waals surface area contributed by atoms with Gasteiger partial charge < -0.3 is 14.4 Å². The highest BCUT2D eigenvalue weighted by atomic mass is 32.1. The maximum atomic E-state index is 12.2. The van der Waals surface area contributed by atoms with E-state index in [-0.39, 0.29) is 17.4 Å². The highest BCUT2D eigenvalue weighted by Gasteiger charge is 2.20. The van der Waals surface area contributed by atoms with Gasteiger partial charge in [-0.25, -0.2) is 4.79 Å². The van der Waals surface area contributed by atoms with Gasteiger partial charge in [0.05, 0.1) is 6.54 Å². The number of aromatic carboxylic acids is 1. The molecule has 19 heavy (non-hydrogen) atoms. The first-order valence-electron chi connectivity index (χ1n) is 5.76. The van der Waals surface area contributed by atoms with Gasteiger partial charge in [0.15, 0.2) is 5.76 Å². The Morgan fingerprint density at radius 2 is 2.05 bits per heavy atom. The Hall–Kier alpha value is -2.08. The molecular weight excluding hydrogens is 266 g/mol. The number of carbonyl (C=O) groups is 2. The van der Waals surface area contributed by atoms with Crippen LogP contribution in [0.25, 0.3) is 0 Å². The Kier molecular flexibility index (Phi) is 4.01. The lowest BCUT2D eigenvalue weighted by molar-refractivity contribution is 0.0649. The van der Waals surface area contributed by atoms with Crippen molar-refractivity contribution in [2.75, 3.05) is 6.54 Å². The van der Waals surface area contributed by atoms with E-state index < -0.39 is 5.97 Å². The Morgan fingerprint density at radius 1 is 1.32 bits per heavy atom. The summed E-state index contributed by atoms with van der Waals surface area (Å²) in [6, 6.07) is 6.55. The van der Waals surface area contributed by atoms with Gasteiger partial charge in [0.2, 0.25) is 5.76 Å². The third kappa shape index (κ3) is 3.03. The van der Waals surface area contributed by atoms with Crippen molar-refractivity contribution in [3.8, 4) is 0 Å². The highest BCUT2D eigenvalue weighted by molar-refractivity contribution is 7.09. The number of hydrogen-bond donors (Lipinski definition) is 1. The largest absolute Gasteiger partial charge is 0.475 e. The summed E-state index contributed by atoms with van der Waals surface area (Å²) in [5, 5.41) is 10.7. The van der Waals surface area contributed by atoms with Crippen LogP contribution in [0.1, 0.15) is 32.9 Å². The highest BCUT2D eigenvalue weighted by Crippen LogP contribution is 2.16. The smallest absolute Gasteiger partial charge is 0.371 e. The van der Waals surface area contributed by atoms with Crippen LogP contribution in [0, 0.1) is 0 Å². The van der Waals surface area contributed by atoms with E-state index in [4.69, 9.17) is 9.52 Å². The van der Waals surface area contributed by atoms with Gasteiger partial charge in [-0.3, -0.25) is 4.79 Å². The van der Waals surface area contributed by atoms with Crippen molar-refractivity contribution in [3.05, 3.63) is 46.0 Å². The molecule has 0 saturated carbocycles. The number of carbonyl (C=O) groups excluding carboxylic acids is 1. The molecular formula is C13H13NO4S. The van der Waals surface area contributed by atoms with Crippen LogP contribution in [0.5, 0.6) is 0 Å². The van der Waals surface area contributed by atoms with Gasteiger partial charge >= 0.3 is 5.97 Å². The minimum Gasteiger partial charge on any atom is -0.475 e. The van der Waals surface area contributed by atoms with E-state index in [9.17, 15) is 9.59 Å². The fourth-order valence-electron chi connectivity index (χ4n) is 1.64. The molecule has 0 spiro atoms. The molecule has 0 radical (unpaired) electrons. The lowest BCUT2D eigenvalue weighted by atomic mass is 10.3. The maximum absolute atomic E-state index is 12.2. The molecule has 0 unspecified atom stereocenters. The van der Waals surface area contributed by atoms with E-state index in [1.54, 1.807) is 16.2 Å². The molecule has 0 atom stereocenters. The number of hydrogen-bond acceptors (Lipinski definition) is 4. The number of amides is 1. The number of rotatable bonds is 5. The van der Waals surface area contributed by atoms with Crippen LogP contribution in [0.4, 0.5) is 0 Å². The molecule has 2 heterocycles. The van der Waals surface area contributed by atoms with Gasteiger partial charge in [0.1, 0.15) is 0 Å². The monoisotopic (exact) mass is 279 g/mol. The summed E-state index contributed by atoms with van der Waals surface area (Å²) in [6.07, 6.45) is 0. The molecule has 2 rings (SSSR count). The second-order valence-electron chi connectivity index (χ2n) is 3.87. The molecule has 2 aromatic rings. The predicted octanol–water partition coefficient (Wildman–Crippen LogP) is 2.70. The predicted molar refractivity (Wildman–Crippen MR) is 70.4 cm³/mol. The topological polar surface area (TPSA) is 70.8 Å². The number of thiophene rings is 1. The fourth-order valence-corrected chi connectivity index (χ4v) is 2.36. The molecule has 0 aliphatic heterocycles. The number of carboxylic acid groups (broad SMARTS) is 1. The van der Waals surface area contributed by atoms with Gasteiger partial charge in [0.25, 0.3) is 5.91 Å². The van der Waals surface area contributed by atoms with Crippen molar-refractivity contribution >= 4 is 23.2 Å². The first-order chi connectivity index (χ1) is 9.11. The van der Waals surface area contributed by atoms with E-state index in [0.29, 0.717) is 13.1 Å². The van der Waals surface area contributed by atoms with Crippen LogP contribution in [-0.2, 0) is 6.54 Å². The summed E-state index contributed by atoms with van der Waals surface area (Å²) < 4.78 is 5.02. The second-order valence-corrected chi connectivity index (χ2v) is 4.90. The lowest BCUT2D eigenvalue weighted by Gasteiger charge is -2.18. The second kappa shape index (κ2) is 5.71. The lowest BCUT2D eigenvalue weighted by Crippen LogP contribution is -2.29. The zero-order valence-corrected chi connectivity index (χ0v) is 11.1. The normalized spacial score (nSPS) is 10.4. The Balaban J connectivity index is 2.13. The van der Waals surface area contributed by atoms with E-state index in [0.717, 1.165) is 4.88 Å². The first kappa shape index (κ1) is 13.4. The van der Waals surface area contributed by atoms with E-state index in [1.807, 2.05) is 24.4 Å². The van der Waals surface area contributed by atoms with Gasteiger partial charge in [-0.15, -0.1) is 11.3 Å². The Bertz CT molecular complexity index is 573. The molecule has 0 aromatic carbocycles. The summed E-state index contributed by atoms with van der Waals surface area (Å²) >= 11 is 1.57. The molecule has 0 saturated heterocycles. The number of carboxylic acids is 1. The standard InChI is InChI=1S/C13H13NO4S/c1-2-14(8-9-4-3-7-19-9)12(15)10-5-6-11(18-10)13(16)17/h3-7H,2,8H2,1H3,(H,16,17). The zero-order chi connectivity index (χ0) is 13.8. The van der Waals surface area contributed by atoms with Crippen LogP contribution in [0.15, 0.2) is 34.1 Å². The molecule has 0 fully saturated rings. The molecule has 2 aromatic heterocycles. The summed E-state index contributed by atoms with van der Waals surface area (Å²) in [7, 11) is 0. The third-order valence-corrected chi connectivity index (χ3v) is 3.48. The number of nitrogens with zero attached hydrogens (tertiary/aromatic N) is 1. The van der Waals surface area contributed by atoms with E-state index in [2.05, 4.69) is 0 Å². The van der Waals surface area contributed by atoms with Gasteiger partial charge in [-0.05, 0) is 30.5 Å². The third-order valence-electron chi connectivity index (χ3n) is 2.62. The Morgan fingerprint density at radius 3 is 2.58 bits per heavy atom. The van der Waals surface area contributed by atoms with E-state index in [1.165, 1.54) is 12.1 Å². The molecule has 5 nitrogen and oxygen atoms in total. The van der Waals surface area contributed by atoms with Crippen LogP contribution < -0.4 is 0 Å². The molecule has 0 bridgehead atoms. The van der Waals surface area contributed by atoms with Crippen LogP contribution >= 0.6 is 11.3 Å². The molecule has 0 aliphatic carbocycles. The van der Waals surface area contributed by atoms with Crippen LogP contribution in [0.3, 0.4) is 0 Å². The zero-order valence-electron chi connectivity index (χ0n) is 10.3. The maximum Gasteiger partial charge on any atom is 0.371 e. The van der Waals surface area contributed by atoms with Gasteiger partial charge in [0, 0.05) is 11.4 Å². The Labute approximate surface area is 114 Å². The number of furan rings is 1. The van der Waals surface area contributed by atoms with Crippen LogP contribution in [0.2, 0.25) is 0 Å². The SMILES string of the molecule is CCN(Cc1cccs1)C(=O)c1ccc(C(=O)O)o1. The first-order valence-corrected chi connectivity index (χ1v) is 6.64. The van der Waals surface area contributed by atoms with Gasteiger partial charge in [-0.2, -0.15) is 0 Å². The average Bonchev–Trinajstić information content (AvgIpc) is 3.06. The molecule has 100 valence electrons. The molecule has 1 amide bonds. The van der Waals surface area contributed by atoms with Crippen molar-refractivity contribution in [2.45, 2.75) is 13.5 Å². The van der Waals surface area contributed by atoms with Crippen molar-refractivity contribution in [1.29, 1.82) is 0 Å². The quantitative estimate of drug-likeness (QED) is 0.913. The summed E-state index contributed by atoms with van der Waals surface area (Å²) in [5.74, 6) is -1.66. The minimum absolute atomic E-state index is 0.0517. The average molecular weight is 279 g/mol.